The molecule has 2 saturated heterocycles. The number of piperidine rings is 1. The number of benzene rings is 2. The standard InChI is InChI=1S/C29H31ClF3N5O3/c1-2-40-26(39)22-16-28(17-35-22)10-12-38(13-11-28)23-15-24(37-27(34)36-23)41-25(29(31,32)33)20-9-8-19(30)14-21(20)18-6-4-3-5-7-18/h3-9,14-15,22,25,35H,2,10-13,16-17H2,1H3,(H2,34,36,37). The minimum absolute atomic E-state index is 0.0599. The molecule has 0 bridgehead atoms. The minimum Gasteiger partial charge on any atom is -0.465 e. The Morgan fingerprint density at radius 3 is 2.59 bits per heavy atom. The van der Waals surface area contributed by atoms with Crippen molar-refractivity contribution in [3.05, 3.63) is 65.2 Å². The van der Waals surface area contributed by atoms with Crippen LogP contribution < -0.4 is 20.7 Å². The van der Waals surface area contributed by atoms with Crippen molar-refractivity contribution in [2.75, 3.05) is 36.9 Å². The molecule has 1 spiro atoms. The summed E-state index contributed by atoms with van der Waals surface area (Å²) in [7, 11) is 0. The van der Waals surface area contributed by atoms with Crippen molar-refractivity contribution in [2.24, 2.45) is 5.41 Å². The van der Waals surface area contributed by atoms with Crippen molar-refractivity contribution in [2.45, 2.75) is 44.5 Å². The highest BCUT2D eigenvalue weighted by atomic mass is 35.5. The maximum absolute atomic E-state index is 14.5. The molecule has 2 aliphatic heterocycles. The van der Waals surface area contributed by atoms with Gasteiger partial charge in [-0.3, -0.25) is 4.79 Å². The molecule has 218 valence electrons. The second kappa shape index (κ2) is 11.7. The Kier molecular flexibility index (Phi) is 8.28. The summed E-state index contributed by atoms with van der Waals surface area (Å²) in [5.74, 6) is -0.333. The van der Waals surface area contributed by atoms with E-state index in [-0.39, 0.29) is 34.8 Å². The maximum Gasteiger partial charge on any atom is 0.429 e. The molecule has 1 aromatic heterocycles. The molecule has 2 aromatic carbocycles. The Morgan fingerprint density at radius 1 is 1.17 bits per heavy atom. The van der Waals surface area contributed by atoms with Crippen LogP contribution in [0.5, 0.6) is 5.88 Å². The van der Waals surface area contributed by atoms with E-state index >= 15 is 0 Å². The van der Waals surface area contributed by atoms with E-state index in [1.54, 1.807) is 37.3 Å². The van der Waals surface area contributed by atoms with Crippen molar-refractivity contribution in [3.63, 3.8) is 0 Å². The summed E-state index contributed by atoms with van der Waals surface area (Å²) in [4.78, 5) is 22.4. The monoisotopic (exact) mass is 589 g/mol. The van der Waals surface area contributed by atoms with E-state index in [2.05, 4.69) is 15.3 Å². The highest BCUT2D eigenvalue weighted by Crippen LogP contribution is 2.43. The smallest absolute Gasteiger partial charge is 0.429 e. The van der Waals surface area contributed by atoms with E-state index in [1.807, 2.05) is 4.90 Å². The lowest BCUT2D eigenvalue weighted by Gasteiger charge is -2.39. The Bertz CT molecular complexity index is 1380. The number of alkyl halides is 3. The number of anilines is 2. The first-order valence-electron chi connectivity index (χ1n) is 13.4. The summed E-state index contributed by atoms with van der Waals surface area (Å²) < 4.78 is 54.1. The molecule has 8 nitrogen and oxygen atoms in total. The number of nitrogens with one attached hydrogen (secondary N) is 1. The quantitative estimate of drug-likeness (QED) is 0.345. The lowest BCUT2D eigenvalue weighted by atomic mass is 9.76. The van der Waals surface area contributed by atoms with Gasteiger partial charge in [-0.25, -0.2) is 0 Å². The van der Waals surface area contributed by atoms with Gasteiger partial charge in [0.15, 0.2) is 0 Å². The first-order valence-corrected chi connectivity index (χ1v) is 13.8. The van der Waals surface area contributed by atoms with Gasteiger partial charge in [0.1, 0.15) is 11.9 Å². The number of nitrogen functional groups attached to an aromatic ring is 1. The molecule has 3 aromatic rings. The lowest BCUT2D eigenvalue weighted by molar-refractivity contribution is -0.198. The van der Waals surface area contributed by atoms with Crippen LogP contribution in [0.3, 0.4) is 0 Å². The topological polar surface area (TPSA) is 103 Å². The van der Waals surface area contributed by atoms with Crippen LogP contribution in [0.4, 0.5) is 24.9 Å². The van der Waals surface area contributed by atoms with Crippen LogP contribution in [-0.4, -0.2) is 54.4 Å². The van der Waals surface area contributed by atoms with Crippen molar-refractivity contribution < 1.29 is 27.4 Å². The number of carbonyl (C=O) groups excluding carboxylic acids is 1. The van der Waals surface area contributed by atoms with Crippen LogP contribution in [0.15, 0.2) is 54.6 Å². The number of carbonyl (C=O) groups is 1. The molecule has 3 N–H and O–H groups in total. The lowest BCUT2D eigenvalue weighted by Crippen LogP contribution is -2.41. The van der Waals surface area contributed by atoms with E-state index in [4.69, 9.17) is 26.8 Å². The summed E-state index contributed by atoms with van der Waals surface area (Å²) in [6.45, 7) is 3.98. The molecule has 41 heavy (non-hydrogen) atoms. The number of nitrogens with zero attached hydrogens (tertiary/aromatic N) is 3. The molecular weight excluding hydrogens is 559 g/mol. The maximum atomic E-state index is 14.5. The van der Waals surface area contributed by atoms with Crippen LogP contribution in [0.1, 0.15) is 37.9 Å². The van der Waals surface area contributed by atoms with Gasteiger partial charge >= 0.3 is 12.1 Å². The number of esters is 1. The first-order chi connectivity index (χ1) is 19.6. The molecule has 2 unspecified atom stereocenters. The largest absolute Gasteiger partial charge is 0.465 e. The van der Waals surface area contributed by atoms with Crippen LogP contribution in [0.25, 0.3) is 11.1 Å². The molecule has 12 heteroatoms. The highest BCUT2D eigenvalue weighted by Gasteiger charge is 2.46. The molecule has 2 aliphatic rings. The van der Waals surface area contributed by atoms with Crippen LogP contribution >= 0.6 is 11.6 Å². The number of ether oxygens (including phenoxy) is 2. The Morgan fingerprint density at radius 2 is 1.90 bits per heavy atom. The number of nitrogens with two attached hydrogens (primary N) is 1. The van der Waals surface area contributed by atoms with Gasteiger partial charge in [-0.1, -0.05) is 48.0 Å². The summed E-state index contributed by atoms with van der Waals surface area (Å²) in [6.07, 6.45) is -4.87. The van der Waals surface area contributed by atoms with Gasteiger partial charge in [-0.15, -0.1) is 0 Å². The predicted molar refractivity (Wildman–Crippen MR) is 150 cm³/mol. The fourth-order valence-corrected chi connectivity index (χ4v) is 5.79. The van der Waals surface area contributed by atoms with Crippen LogP contribution in [0.2, 0.25) is 5.02 Å². The van der Waals surface area contributed by atoms with Crippen molar-refractivity contribution in [3.8, 4) is 17.0 Å². The predicted octanol–water partition coefficient (Wildman–Crippen LogP) is 5.57. The Labute approximate surface area is 241 Å². The molecule has 0 amide bonds. The van der Waals surface area contributed by atoms with Crippen molar-refractivity contribution >= 4 is 29.3 Å². The zero-order chi connectivity index (χ0) is 29.2. The third-order valence-electron chi connectivity index (χ3n) is 7.70. The van der Waals surface area contributed by atoms with Crippen molar-refractivity contribution in [1.29, 1.82) is 0 Å². The fraction of sp³-hybridized carbons (Fsp3) is 0.414. The number of hydrogen-bond donors (Lipinski definition) is 2. The summed E-state index contributed by atoms with van der Waals surface area (Å²) in [5, 5.41) is 3.57. The second-order valence-corrected chi connectivity index (χ2v) is 10.9. The van der Waals surface area contributed by atoms with E-state index < -0.39 is 12.3 Å². The molecule has 2 atom stereocenters. The second-order valence-electron chi connectivity index (χ2n) is 10.4. The van der Waals surface area contributed by atoms with E-state index in [1.165, 1.54) is 24.3 Å². The minimum atomic E-state index is -4.76. The molecule has 3 heterocycles. The third kappa shape index (κ3) is 6.51. The Hall–Kier alpha value is -3.57. The van der Waals surface area contributed by atoms with Gasteiger partial charge in [0.2, 0.25) is 17.9 Å². The van der Waals surface area contributed by atoms with Crippen LogP contribution in [-0.2, 0) is 9.53 Å². The molecule has 0 saturated carbocycles. The van der Waals surface area contributed by atoms with Crippen molar-refractivity contribution in [1.82, 2.24) is 15.3 Å². The third-order valence-corrected chi connectivity index (χ3v) is 7.94. The average Bonchev–Trinajstić information content (AvgIpc) is 3.35. The highest BCUT2D eigenvalue weighted by molar-refractivity contribution is 6.30. The summed E-state index contributed by atoms with van der Waals surface area (Å²) in [6, 6.07) is 13.9. The molecule has 0 aliphatic carbocycles. The van der Waals surface area contributed by atoms with Gasteiger partial charge in [0.25, 0.3) is 0 Å². The molecule has 2 fully saturated rings. The van der Waals surface area contributed by atoms with E-state index in [0.717, 1.165) is 12.8 Å². The van der Waals surface area contributed by atoms with Gasteiger partial charge in [-0.05, 0) is 54.9 Å². The van der Waals surface area contributed by atoms with E-state index in [9.17, 15) is 18.0 Å². The zero-order valence-corrected chi connectivity index (χ0v) is 23.2. The summed E-state index contributed by atoms with van der Waals surface area (Å²) >= 11 is 6.16. The van der Waals surface area contributed by atoms with Gasteiger partial charge in [0.05, 0.1) is 6.61 Å². The summed E-state index contributed by atoms with van der Waals surface area (Å²) in [5.41, 5.74) is 6.65. The average molecular weight is 590 g/mol. The Balaban J connectivity index is 1.36. The normalized spacial score (nSPS) is 19.2. The zero-order valence-electron chi connectivity index (χ0n) is 22.5. The van der Waals surface area contributed by atoms with Gasteiger partial charge in [0, 0.05) is 36.3 Å². The number of hydrogen-bond acceptors (Lipinski definition) is 8. The molecular formula is C29H31ClF3N5O3. The number of halogens is 4. The fourth-order valence-electron chi connectivity index (χ4n) is 5.62. The number of rotatable bonds is 7. The van der Waals surface area contributed by atoms with E-state index in [0.29, 0.717) is 54.6 Å². The molecule has 5 rings (SSSR count). The number of aromatic nitrogens is 2. The van der Waals surface area contributed by atoms with Gasteiger partial charge < -0.3 is 25.4 Å². The molecule has 0 radical (unpaired) electrons. The SMILES string of the molecule is CCOC(=O)C1CC2(CCN(c3cc(OC(c4ccc(Cl)cc4-c4ccccc4)C(F)(F)F)nc(N)n3)CC2)CN1. The first kappa shape index (κ1) is 28.9. The van der Waals surface area contributed by atoms with Gasteiger partial charge in [-0.2, -0.15) is 23.1 Å². The van der Waals surface area contributed by atoms with Crippen LogP contribution in [0, 0.1) is 5.41 Å².